The fourth-order valence-electron chi connectivity index (χ4n) is 7.78. The van der Waals surface area contributed by atoms with E-state index in [1.54, 1.807) is 11.8 Å². The van der Waals surface area contributed by atoms with Gasteiger partial charge in [0.05, 0.1) is 11.3 Å². The first kappa shape index (κ1) is 25.7. The van der Waals surface area contributed by atoms with Crippen molar-refractivity contribution < 1.29 is 9.53 Å². The maximum atomic E-state index is 14.0. The number of hydrogen-bond acceptors (Lipinski definition) is 5. The van der Waals surface area contributed by atoms with Gasteiger partial charge in [-0.15, -0.1) is 10.2 Å². The number of nitrogens with zero attached hydrogens (tertiary/aromatic N) is 3. The Labute approximate surface area is 230 Å². The van der Waals surface area contributed by atoms with Crippen molar-refractivity contribution in [2.24, 2.45) is 23.2 Å². The van der Waals surface area contributed by atoms with Crippen molar-refractivity contribution in [1.82, 2.24) is 14.8 Å². The molecule has 2 unspecified atom stereocenters. The molecule has 3 aromatic rings. The lowest BCUT2D eigenvalue weighted by atomic mass is 9.48. The lowest BCUT2D eigenvalue weighted by molar-refractivity contribution is -0.143. The van der Waals surface area contributed by atoms with Crippen LogP contribution in [0.15, 0.2) is 59.8 Å². The van der Waals surface area contributed by atoms with E-state index in [0.717, 1.165) is 60.2 Å². The Morgan fingerprint density at radius 2 is 1.61 bits per heavy atom. The Morgan fingerprint density at radius 3 is 2.21 bits per heavy atom. The van der Waals surface area contributed by atoms with Crippen LogP contribution < -0.4 is 4.74 Å². The van der Waals surface area contributed by atoms with E-state index in [9.17, 15) is 4.79 Å². The molecule has 1 heterocycles. The van der Waals surface area contributed by atoms with E-state index in [1.165, 1.54) is 30.4 Å². The van der Waals surface area contributed by atoms with Gasteiger partial charge in [0, 0.05) is 5.41 Å². The molecule has 7 rings (SSSR count). The summed E-state index contributed by atoms with van der Waals surface area (Å²) in [5, 5.41) is 9.84. The third-order valence-corrected chi connectivity index (χ3v) is 10.4. The standard InChI is InChI=1S/C32H39N3O2S/c1-4-23-10-12-28(13-11-23)37-20-29-33-34-31(35(29)21(2)27-8-6-5-7-9-27)38-22(3)30(36)32-17-24-14-25(18-32)16-26(15-24)19-32/h5-13,21-22,24-26H,4,14-20H2,1-3H3. The van der Waals surface area contributed by atoms with Crippen LogP contribution in [0.4, 0.5) is 0 Å². The summed E-state index contributed by atoms with van der Waals surface area (Å²) in [5.74, 6) is 4.33. The van der Waals surface area contributed by atoms with Crippen LogP contribution in [-0.4, -0.2) is 25.8 Å². The van der Waals surface area contributed by atoms with Crippen LogP contribution in [0.5, 0.6) is 5.75 Å². The molecule has 4 aliphatic rings. The second-order valence-electron chi connectivity index (χ2n) is 12.0. The quantitative estimate of drug-likeness (QED) is 0.258. The van der Waals surface area contributed by atoms with Crippen LogP contribution >= 0.6 is 11.8 Å². The number of ether oxygens (including phenoxy) is 1. The molecule has 6 heteroatoms. The topological polar surface area (TPSA) is 57.0 Å². The van der Waals surface area contributed by atoms with Gasteiger partial charge in [-0.05, 0) is 99.8 Å². The lowest BCUT2D eigenvalue weighted by Crippen LogP contribution is -2.51. The number of ketones is 1. The molecule has 4 saturated carbocycles. The SMILES string of the molecule is CCc1ccc(OCc2nnc(SC(C)C(=O)C34CC5CC(CC(C5)C3)C4)n2C(C)c2ccccc2)cc1. The van der Waals surface area contributed by atoms with E-state index in [-0.39, 0.29) is 16.7 Å². The first-order chi connectivity index (χ1) is 18.4. The summed E-state index contributed by atoms with van der Waals surface area (Å²) in [6.07, 6.45) is 8.36. The van der Waals surface area contributed by atoms with Gasteiger partial charge in [-0.2, -0.15) is 0 Å². The molecule has 0 spiro atoms. The summed E-state index contributed by atoms with van der Waals surface area (Å²) in [4.78, 5) is 14.0. The highest BCUT2D eigenvalue weighted by Gasteiger charge is 2.55. The van der Waals surface area contributed by atoms with Crippen molar-refractivity contribution in [3.63, 3.8) is 0 Å². The van der Waals surface area contributed by atoms with Gasteiger partial charge >= 0.3 is 0 Å². The van der Waals surface area contributed by atoms with E-state index in [4.69, 9.17) is 4.74 Å². The summed E-state index contributed by atoms with van der Waals surface area (Å²) >= 11 is 1.58. The molecule has 0 saturated heterocycles. The molecule has 0 N–H and O–H groups in total. The van der Waals surface area contributed by atoms with Crippen molar-refractivity contribution in [1.29, 1.82) is 0 Å². The maximum Gasteiger partial charge on any atom is 0.192 e. The molecule has 2 atom stereocenters. The normalized spacial score (nSPS) is 27.3. The van der Waals surface area contributed by atoms with Gasteiger partial charge in [0.25, 0.3) is 0 Å². The van der Waals surface area contributed by atoms with Crippen LogP contribution in [0.25, 0.3) is 0 Å². The minimum Gasteiger partial charge on any atom is -0.486 e. The van der Waals surface area contributed by atoms with E-state index in [1.807, 2.05) is 18.2 Å². The highest BCUT2D eigenvalue weighted by atomic mass is 32.2. The average molecular weight is 530 g/mol. The zero-order valence-electron chi connectivity index (χ0n) is 22.8. The smallest absolute Gasteiger partial charge is 0.192 e. The predicted octanol–water partition coefficient (Wildman–Crippen LogP) is 7.29. The Kier molecular flexibility index (Phi) is 7.10. The first-order valence-corrected chi connectivity index (χ1v) is 15.2. The van der Waals surface area contributed by atoms with E-state index in [0.29, 0.717) is 12.4 Å². The third-order valence-electron chi connectivity index (χ3n) is 9.32. The fourth-order valence-corrected chi connectivity index (χ4v) is 8.92. The van der Waals surface area contributed by atoms with Gasteiger partial charge in [-0.25, -0.2) is 0 Å². The van der Waals surface area contributed by atoms with E-state index < -0.39 is 0 Å². The highest BCUT2D eigenvalue weighted by molar-refractivity contribution is 8.00. The zero-order chi connectivity index (χ0) is 26.3. The number of aryl methyl sites for hydroxylation is 1. The van der Waals surface area contributed by atoms with Gasteiger partial charge in [0.1, 0.15) is 12.4 Å². The monoisotopic (exact) mass is 529 g/mol. The number of thioether (sulfide) groups is 1. The maximum absolute atomic E-state index is 14.0. The van der Waals surface area contributed by atoms with Crippen LogP contribution in [0.1, 0.15) is 82.3 Å². The lowest BCUT2D eigenvalue weighted by Gasteiger charge is -2.56. The van der Waals surface area contributed by atoms with Gasteiger partial charge < -0.3 is 4.74 Å². The number of Topliss-reactive ketones (excluding diaryl/α,β-unsaturated/α-hetero) is 1. The molecule has 0 radical (unpaired) electrons. The van der Waals surface area contributed by atoms with Gasteiger partial charge in [-0.3, -0.25) is 9.36 Å². The molecule has 4 bridgehead atoms. The fraction of sp³-hybridized carbons (Fsp3) is 0.531. The summed E-state index contributed by atoms with van der Waals surface area (Å²) in [7, 11) is 0. The summed E-state index contributed by atoms with van der Waals surface area (Å²) in [6, 6.07) is 18.7. The molecule has 5 nitrogen and oxygen atoms in total. The summed E-state index contributed by atoms with van der Waals surface area (Å²) < 4.78 is 8.32. The number of carbonyl (C=O) groups excluding carboxylic acids is 1. The molecular formula is C32H39N3O2S. The first-order valence-electron chi connectivity index (χ1n) is 14.4. The minimum absolute atomic E-state index is 0.0246. The summed E-state index contributed by atoms with van der Waals surface area (Å²) in [6.45, 7) is 6.74. The van der Waals surface area contributed by atoms with Crippen LogP contribution in [-0.2, 0) is 17.8 Å². The largest absolute Gasteiger partial charge is 0.486 e. The zero-order valence-corrected chi connectivity index (χ0v) is 23.6. The number of benzene rings is 2. The molecule has 1 aromatic heterocycles. The highest BCUT2D eigenvalue weighted by Crippen LogP contribution is 2.61. The van der Waals surface area contributed by atoms with Crippen molar-refractivity contribution >= 4 is 17.5 Å². The van der Waals surface area contributed by atoms with Gasteiger partial charge in [-0.1, -0.05) is 61.2 Å². The van der Waals surface area contributed by atoms with Crippen molar-refractivity contribution in [3.8, 4) is 5.75 Å². The third kappa shape index (κ3) is 4.92. The number of hydrogen-bond donors (Lipinski definition) is 0. The van der Waals surface area contributed by atoms with Crippen molar-refractivity contribution in [3.05, 3.63) is 71.5 Å². The van der Waals surface area contributed by atoms with Crippen LogP contribution in [0.3, 0.4) is 0 Å². The molecule has 0 aliphatic heterocycles. The number of aromatic nitrogens is 3. The molecule has 200 valence electrons. The van der Waals surface area contributed by atoms with Crippen molar-refractivity contribution in [2.45, 2.75) is 88.8 Å². The molecule has 4 fully saturated rings. The molecular weight excluding hydrogens is 490 g/mol. The van der Waals surface area contributed by atoms with Crippen LogP contribution in [0.2, 0.25) is 0 Å². The molecule has 2 aromatic carbocycles. The Morgan fingerprint density at radius 1 is 0.974 bits per heavy atom. The van der Waals surface area contributed by atoms with E-state index in [2.05, 4.69) is 71.9 Å². The molecule has 0 amide bonds. The Hall–Kier alpha value is -2.60. The van der Waals surface area contributed by atoms with Gasteiger partial charge in [0.2, 0.25) is 0 Å². The second-order valence-corrected chi connectivity index (χ2v) is 13.3. The van der Waals surface area contributed by atoms with Crippen molar-refractivity contribution in [2.75, 3.05) is 0 Å². The van der Waals surface area contributed by atoms with E-state index >= 15 is 0 Å². The average Bonchev–Trinajstić information content (AvgIpc) is 3.33. The molecule has 4 aliphatic carbocycles. The Balaban J connectivity index is 1.24. The van der Waals surface area contributed by atoms with Crippen LogP contribution in [0, 0.1) is 23.2 Å². The molecule has 38 heavy (non-hydrogen) atoms. The Bertz CT molecular complexity index is 1230. The van der Waals surface area contributed by atoms with Gasteiger partial charge in [0.15, 0.2) is 16.8 Å². The number of carbonyl (C=O) groups is 1. The minimum atomic E-state index is -0.146. The number of rotatable bonds is 10. The predicted molar refractivity (Wildman–Crippen MR) is 151 cm³/mol. The summed E-state index contributed by atoms with van der Waals surface area (Å²) in [5.41, 5.74) is 2.37. The second kappa shape index (κ2) is 10.5.